The zero-order valence-electron chi connectivity index (χ0n) is 15.1. The Kier molecular flexibility index (Phi) is 3.92. The Bertz CT molecular complexity index is 1120. The Balaban J connectivity index is 1.29. The van der Waals surface area contributed by atoms with Gasteiger partial charge in [0.05, 0.1) is 22.8 Å². The molecule has 1 fully saturated rings. The van der Waals surface area contributed by atoms with Crippen LogP contribution in [0, 0.1) is 0 Å². The SMILES string of the molecule is C[C@H](Nc1nccc(Nc2cc([C@H]3C[C@H]3F)[nH]n2)n1)c1ccc2[nH]ccc2n1. The van der Waals surface area contributed by atoms with E-state index in [1.807, 2.05) is 37.4 Å². The average molecular weight is 378 g/mol. The first-order valence-corrected chi connectivity index (χ1v) is 9.16. The van der Waals surface area contributed by atoms with E-state index < -0.39 is 6.17 Å². The Morgan fingerprint density at radius 2 is 2.07 bits per heavy atom. The second kappa shape index (κ2) is 6.59. The summed E-state index contributed by atoms with van der Waals surface area (Å²) in [6, 6.07) is 9.42. The summed E-state index contributed by atoms with van der Waals surface area (Å²) in [5, 5.41) is 13.4. The number of nitrogens with one attached hydrogen (secondary N) is 4. The normalized spacial score (nSPS) is 19.5. The Hall–Kier alpha value is -3.49. The number of aromatic nitrogens is 6. The molecule has 0 radical (unpaired) electrons. The monoisotopic (exact) mass is 378 g/mol. The predicted octanol–water partition coefficient (Wildman–Crippen LogP) is 3.82. The van der Waals surface area contributed by atoms with Gasteiger partial charge in [0.2, 0.25) is 5.95 Å². The molecule has 3 atom stereocenters. The molecule has 1 aliphatic carbocycles. The lowest BCUT2D eigenvalue weighted by Gasteiger charge is -2.14. The number of pyridine rings is 1. The molecule has 0 aromatic carbocycles. The minimum absolute atomic E-state index is 0.0589. The maximum absolute atomic E-state index is 13.2. The first-order chi connectivity index (χ1) is 13.7. The van der Waals surface area contributed by atoms with Gasteiger partial charge in [0.1, 0.15) is 12.0 Å². The van der Waals surface area contributed by atoms with E-state index in [1.165, 1.54) is 0 Å². The summed E-state index contributed by atoms with van der Waals surface area (Å²) < 4.78 is 13.2. The molecule has 4 aromatic heterocycles. The van der Waals surface area contributed by atoms with Gasteiger partial charge in [0, 0.05) is 30.1 Å². The molecule has 0 unspecified atom stereocenters. The zero-order valence-corrected chi connectivity index (χ0v) is 15.1. The molecular weight excluding hydrogens is 359 g/mol. The lowest BCUT2D eigenvalue weighted by atomic mass is 10.2. The number of hydrogen-bond donors (Lipinski definition) is 4. The quantitative estimate of drug-likeness (QED) is 0.406. The number of aromatic amines is 2. The van der Waals surface area contributed by atoms with Crippen LogP contribution >= 0.6 is 0 Å². The van der Waals surface area contributed by atoms with Crippen LogP contribution in [0.3, 0.4) is 0 Å². The zero-order chi connectivity index (χ0) is 19.1. The lowest BCUT2D eigenvalue weighted by Crippen LogP contribution is -2.11. The smallest absolute Gasteiger partial charge is 0.225 e. The van der Waals surface area contributed by atoms with Crippen LogP contribution in [0.2, 0.25) is 0 Å². The van der Waals surface area contributed by atoms with Gasteiger partial charge in [-0.3, -0.25) is 5.10 Å². The molecule has 4 aromatic rings. The topological polar surface area (TPSA) is 107 Å². The van der Waals surface area contributed by atoms with Gasteiger partial charge < -0.3 is 15.6 Å². The number of alkyl halides is 1. The van der Waals surface area contributed by atoms with Crippen molar-refractivity contribution in [3.05, 3.63) is 54.1 Å². The highest BCUT2D eigenvalue weighted by atomic mass is 19.1. The van der Waals surface area contributed by atoms with Crippen LogP contribution in [-0.4, -0.2) is 36.3 Å². The summed E-state index contributed by atoms with van der Waals surface area (Å²) in [7, 11) is 0. The van der Waals surface area contributed by atoms with Crippen molar-refractivity contribution >= 4 is 28.6 Å². The van der Waals surface area contributed by atoms with Crippen molar-refractivity contribution in [2.45, 2.75) is 31.5 Å². The van der Waals surface area contributed by atoms with Gasteiger partial charge in [0.25, 0.3) is 0 Å². The first-order valence-electron chi connectivity index (χ1n) is 9.16. The van der Waals surface area contributed by atoms with Crippen LogP contribution in [0.5, 0.6) is 0 Å². The maximum Gasteiger partial charge on any atom is 0.225 e. The first kappa shape index (κ1) is 16.7. The van der Waals surface area contributed by atoms with Crippen LogP contribution in [0.4, 0.5) is 22.0 Å². The van der Waals surface area contributed by atoms with E-state index in [0.29, 0.717) is 24.0 Å². The number of fused-ring (bicyclic) bond motifs is 1. The van der Waals surface area contributed by atoms with E-state index in [2.05, 4.69) is 40.8 Å². The molecule has 9 heteroatoms. The number of halogens is 1. The van der Waals surface area contributed by atoms with Crippen molar-refractivity contribution in [1.29, 1.82) is 0 Å². The molecule has 1 saturated carbocycles. The van der Waals surface area contributed by atoms with E-state index in [4.69, 9.17) is 0 Å². The highest BCUT2D eigenvalue weighted by molar-refractivity contribution is 5.74. The molecular formula is C19H19FN8. The van der Waals surface area contributed by atoms with Gasteiger partial charge in [-0.05, 0) is 37.6 Å². The fourth-order valence-electron chi connectivity index (χ4n) is 3.16. The van der Waals surface area contributed by atoms with Gasteiger partial charge in [-0.15, -0.1) is 0 Å². The van der Waals surface area contributed by atoms with E-state index in [1.54, 1.807) is 12.3 Å². The molecule has 1 aliphatic rings. The molecule has 0 aliphatic heterocycles. The molecule has 8 nitrogen and oxygen atoms in total. The second-order valence-electron chi connectivity index (χ2n) is 6.97. The van der Waals surface area contributed by atoms with Gasteiger partial charge >= 0.3 is 0 Å². The van der Waals surface area contributed by atoms with Crippen LogP contribution in [0.1, 0.15) is 36.7 Å². The van der Waals surface area contributed by atoms with Gasteiger partial charge in [-0.25, -0.2) is 14.4 Å². The van der Waals surface area contributed by atoms with Crippen molar-refractivity contribution in [2.75, 3.05) is 10.6 Å². The fourth-order valence-corrected chi connectivity index (χ4v) is 3.16. The Morgan fingerprint density at radius 3 is 2.93 bits per heavy atom. The van der Waals surface area contributed by atoms with Crippen LogP contribution in [0.15, 0.2) is 42.7 Å². The summed E-state index contributed by atoms with van der Waals surface area (Å²) in [6.07, 6.45) is 3.33. The number of rotatable bonds is 6. The lowest BCUT2D eigenvalue weighted by molar-refractivity contribution is 0.466. The van der Waals surface area contributed by atoms with E-state index in [9.17, 15) is 4.39 Å². The van der Waals surface area contributed by atoms with E-state index >= 15 is 0 Å². The van der Waals surface area contributed by atoms with Crippen molar-refractivity contribution in [3.63, 3.8) is 0 Å². The third-order valence-corrected chi connectivity index (χ3v) is 4.84. The molecule has 0 bridgehead atoms. The second-order valence-corrected chi connectivity index (χ2v) is 6.97. The molecule has 0 amide bonds. The minimum atomic E-state index is -0.760. The predicted molar refractivity (Wildman–Crippen MR) is 104 cm³/mol. The van der Waals surface area contributed by atoms with Crippen LogP contribution in [-0.2, 0) is 0 Å². The Morgan fingerprint density at radius 1 is 1.18 bits per heavy atom. The standard InChI is InChI=1S/C19H19FN8/c1-10(13-2-3-14-15(24-13)4-6-21-14)23-19-22-7-5-17(26-19)25-18-9-16(27-28-18)11-8-12(11)20/h2-7,9-12,21H,8H2,1H3,(H3,22,23,25,26,27,28)/t10-,11-,12+/m0/s1. The number of H-pyrrole nitrogens is 2. The van der Waals surface area contributed by atoms with Crippen molar-refractivity contribution in [3.8, 4) is 0 Å². The van der Waals surface area contributed by atoms with Crippen molar-refractivity contribution < 1.29 is 4.39 Å². The van der Waals surface area contributed by atoms with Gasteiger partial charge in [0.15, 0.2) is 5.82 Å². The van der Waals surface area contributed by atoms with Crippen molar-refractivity contribution in [2.24, 2.45) is 0 Å². The molecule has 5 rings (SSSR count). The fraction of sp³-hybridized carbons (Fsp3) is 0.263. The molecule has 4 N–H and O–H groups in total. The number of anilines is 3. The summed E-state index contributed by atoms with van der Waals surface area (Å²) in [4.78, 5) is 16.5. The molecule has 4 heterocycles. The molecule has 0 spiro atoms. The Labute approximate surface area is 160 Å². The highest BCUT2D eigenvalue weighted by Gasteiger charge is 2.40. The summed E-state index contributed by atoms with van der Waals surface area (Å²) in [5.74, 6) is 1.63. The summed E-state index contributed by atoms with van der Waals surface area (Å²) in [5.41, 5.74) is 3.63. The molecule has 142 valence electrons. The number of hydrogen-bond acceptors (Lipinski definition) is 6. The van der Waals surface area contributed by atoms with E-state index in [-0.39, 0.29) is 12.0 Å². The van der Waals surface area contributed by atoms with Gasteiger partial charge in [-0.2, -0.15) is 10.1 Å². The van der Waals surface area contributed by atoms with Gasteiger partial charge in [-0.1, -0.05) is 0 Å². The van der Waals surface area contributed by atoms with Crippen LogP contribution in [0.25, 0.3) is 11.0 Å². The maximum atomic E-state index is 13.2. The summed E-state index contributed by atoms with van der Waals surface area (Å²) >= 11 is 0. The molecule has 28 heavy (non-hydrogen) atoms. The van der Waals surface area contributed by atoms with E-state index in [0.717, 1.165) is 22.4 Å². The van der Waals surface area contributed by atoms with Crippen LogP contribution < -0.4 is 10.6 Å². The third kappa shape index (κ3) is 3.26. The third-order valence-electron chi connectivity index (χ3n) is 4.84. The molecule has 0 saturated heterocycles. The minimum Gasteiger partial charge on any atom is -0.360 e. The number of nitrogens with zero attached hydrogens (tertiary/aromatic N) is 4. The largest absolute Gasteiger partial charge is 0.360 e. The average Bonchev–Trinajstić information content (AvgIpc) is 3.09. The highest BCUT2D eigenvalue weighted by Crippen LogP contribution is 2.43. The summed E-state index contributed by atoms with van der Waals surface area (Å²) in [6.45, 7) is 2.01. The van der Waals surface area contributed by atoms with Crippen molar-refractivity contribution in [1.82, 2.24) is 30.1 Å².